The molecule has 18 heteroatoms. The van der Waals surface area contributed by atoms with Gasteiger partial charge in [0.05, 0.1) is 32.0 Å². The van der Waals surface area contributed by atoms with Gasteiger partial charge in [-0.2, -0.15) is 0 Å². The molecule has 0 aromatic heterocycles. The minimum absolute atomic E-state index is 0.0492. The Kier molecular flexibility index (Phi) is 31.6. The highest BCUT2D eigenvalue weighted by atomic mass is 31.2. The van der Waals surface area contributed by atoms with Gasteiger partial charge < -0.3 is 39.5 Å². The summed E-state index contributed by atoms with van der Waals surface area (Å²) < 4.78 is 47.7. The fourth-order valence-corrected chi connectivity index (χ4v) is 8.02. The largest absolute Gasteiger partial charge is 0.472 e. The van der Waals surface area contributed by atoms with E-state index in [0.29, 0.717) is 32.1 Å². The van der Waals surface area contributed by atoms with Gasteiger partial charge in [0.1, 0.15) is 18.5 Å². The normalized spacial score (nSPS) is 19.8. The highest BCUT2D eigenvalue weighted by molar-refractivity contribution is 7.47. The Labute approximate surface area is 364 Å². The summed E-state index contributed by atoms with van der Waals surface area (Å²) in [7, 11) is -9.78. The lowest BCUT2D eigenvalue weighted by atomic mass is 9.90. The summed E-state index contributed by atoms with van der Waals surface area (Å²) in [5.41, 5.74) is 0. The van der Waals surface area contributed by atoms with Gasteiger partial charge in [-0.05, 0) is 38.0 Å². The Hall–Kier alpha value is -1.81. The molecular weight excluding hydrogens is 834 g/mol. The predicted molar refractivity (Wildman–Crippen MR) is 231 cm³/mol. The van der Waals surface area contributed by atoms with Crippen LogP contribution in [0.25, 0.3) is 0 Å². The molecule has 16 nitrogen and oxygen atoms in total. The minimum atomic E-state index is -4.90. The van der Waals surface area contributed by atoms with E-state index in [1.54, 1.807) is 12.2 Å². The second-order valence-electron chi connectivity index (χ2n) is 16.6. The monoisotopic (exact) mass is 912 g/mol. The first kappa shape index (κ1) is 57.2. The van der Waals surface area contributed by atoms with E-state index in [1.807, 2.05) is 12.2 Å². The summed E-state index contributed by atoms with van der Waals surface area (Å²) in [6, 6.07) is 0. The maximum Gasteiger partial charge on any atom is 0.472 e. The van der Waals surface area contributed by atoms with Crippen LogP contribution in [0.1, 0.15) is 162 Å². The Balaban J connectivity index is 2.58. The second-order valence-corrected chi connectivity index (χ2v) is 19.3. The Morgan fingerprint density at radius 3 is 1.93 bits per heavy atom. The smallest absolute Gasteiger partial charge is 0.462 e. The van der Waals surface area contributed by atoms with Crippen LogP contribution in [0.15, 0.2) is 24.3 Å². The number of rotatable bonds is 38. The van der Waals surface area contributed by atoms with Crippen molar-refractivity contribution in [2.75, 3.05) is 26.4 Å². The zero-order valence-electron chi connectivity index (χ0n) is 36.9. The highest BCUT2D eigenvalue weighted by Crippen LogP contribution is 2.44. The van der Waals surface area contributed by atoms with Crippen LogP contribution >= 0.6 is 15.6 Å². The molecule has 0 bridgehead atoms. The molecule has 7 atom stereocenters. The average Bonchev–Trinajstić information content (AvgIpc) is 3.46. The maximum absolute atomic E-state index is 12.8. The highest BCUT2D eigenvalue weighted by Gasteiger charge is 2.39. The topological polar surface area (TPSA) is 253 Å². The number of hydrogen-bond acceptors (Lipinski definition) is 13. The molecule has 1 fully saturated rings. The lowest BCUT2D eigenvalue weighted by Crippen LogP contribution is -2.29. The summed E-state index contributed by atoms with van der Waals surface area (Å²) in [4.78, 5) is 65.5. The molecule has 1 aliphatic carbocycles. The Morgan fingerprint density at radius 2 is 1.31 bits per heavy atom. The molecule has 0 aliphatic heterocycles. The van der Waals surface area contributed by atoms with Crippen molar-refractivity contribution in [3.05, 3.63) is 24.3 Å². The molecule has 0 amide bonds. The van der Waals surface area contributed by atoms with Crippen LogP contribution in [-0.2, 0) is 46.6 Å². The van der Waals surface area contributed by atoms with Crippen molar-refractivity contribution >= 4 is 33.4 Å². The molecule has 61 heavy (non-hydrogen) atoms. The number of allylic oxidation sites excluding steroid dienone is 2. The summed E-state index contributed by atoms with van der Waals surface area (Å²) >= 11 is 0. The van der Waals surface area contributed by atoms with E-state index < -0.39 is 90.3 Å². The van der Waals surface area contributed by atoms with Crippen LogP contribution < -0.4 is 0 Å². The first-order valence-corrected chi connectivity index (χ1v) is 25.5. The van der Waals surface area contributed by atoms with E-state index in [2.05, 4.69) is 29.8 Å². The molecule has 1 aliphatic rings. The number of carbonyl (C=O) groups is 3. The van der Waals surface area contributed by atoms with Gasteiger partial charge in [-0.25, -0.2) is 9.13 Å². The van der Waals surface area contributed by atoms with E-state index in [9.17, 15) is 43.7 Å². The number of hydrogen-bond donors (Lipinski definition) is 6. The van der Waals surface area contributed by atoms with Gasteiger partial charge in [0, 0.05) is 31.1 Å². The number of ether oxygens (including phenoxy) is 2. The number of phosphoric acid groups is 2. The van der Waals surface area contributed by atoms with Crippen molar-refractivity contribution in [2.24, 2.45) is 17.8 Å². The summed E-state index contributed by atoms with van der Waals surface area (Å²) in [5.74, 6) is -1.33. The molecule has 0 heterocycles. The number of esters is 2. The third-order valence-corrected chi connectivity index (χ3v) is 11.8. The van der Waals surface area contributed by atoms with Crippen molar-refractivity contribution in [1.82, 2.24) is 0 Å². The standard InChI is InChI=1S/C43H78O16P2/c1-4-5-17-23-35(44)27-28-39-38(40(46)29-41(39)47)24-19-15-16-21-26-43(49)59-37(33-58-61(53,54)57-31-36(45)30-56-60(50,51)52)32-55-42(48)25-20-14-12-10-8-6-7-9-11-13-18-22-34(2)3/h15,19,27-28,34-39,41,44-45,47H,4-14,16-18,20-26,29-33H2,1-3H3,(H,53,54)(H2,50,51,52)/b19-15-,28-27+/t35-,36-,37+,38+,39+,41+/m0/s1. The van der Waals surface area contributed by atoms with Gasteiger partial charge in [-0.1, -0.05) is 135 Å². The molecule has 1 rings (SSSR count). The number of carbonyl (C=O) groups excluding carboxylic acids is 3. The molecule has 0 aromatic carbocycles. The fourth-order valence-electron chi connectivity index (χ4n) is 6.87. The molecule has 1 unspecified atom stereocenters. The zero-order valence-corrected chi connectivity index (χ0v) is 38.7. The third-order valence-electron chi connectivity index (χ3n) is 10.4. The van der Waals surface area contributed by atoms with E-state index in [1.165, 1.54) is 44.9 Å². The van der Waals surface area contributed by atoms with E-state index in [4.69, 9.17) is 23.8 Å². The van der Waals surface area contributed by atoms with Crippen molar-refractivity contribution in [3.63, 3.8) is 0 Å². The Morgan fingerprint density at radius 1 is 0.738 bits per heavy atom. The number of unbranched alkanes of at least 4 members (excludes halogenated alkanes) is 13. The zero-order chi connectivity index (χ0) is 45.5. The van der Waals surface area contributed by atoms with Gasteiger partial charge in [-0.3, -0.25) is 28.0 Å². The van der Waals surface area contributed by atoms with Gasteiger partial charge in [0.15, 0.2) is 6.10 Å². The predicted octanol–water partition coefficient (Wildman–Crippen LogP) is 7.95. The van der Waals surface area contributed by atoms with Gasteiger partial charge in [0.2, 0.25) is 0 Å². The van der Waals surface area contributed by atoms with E-state index in [-0.39, 0.29) is 25.0 Å². The van der Waals surface area contributed by atoms with Crippen molar-refractivity contribution in [3.8, 4) is 0 Å². The SMILES string of the molecule is CCCCC[C@H](O)/C=C/[C@H]1[C@H](O)CC(=O)[C@@H]1C/C=C\CCCC(=O)O[C@H](COC(=O)CCCCCCCCCCCCCC(C)C)COP(=O)(O)OC[C@@H](O)COP(=O)(O)O. The van der Waals surface area contributed by atoms with Crippen molar-refractivity contribution < 1.29 is 76.6 Å². The number of ketones is 1. The molecule has 0 saturated heterocycles. The third kappa shape index (κ3) is 31.6. The van der Waals surface area contributed by atoms with E-state index >= 15 is 0 Å². The molecule has 356 valence electrons. The van der Waals surface area contributed by atoms with Gasteiger partial charge in [0.25, 0.3) is 0 Å². The summed E-state index contributed by atoms with van der Waals surface area (Å²) in [6.45, 7) is 3.65. The lowest BCUT2D eigenvalue weighted by Gasteiger charge is -2.20. The first-order valence-electron chi connectivity index (χ1n) is 22.5. The first-order chi connectivity index (χ1) is 28.9. The fraction of sp³-hybridized carbons (Fsp3) is 0.837. The number of Topliss-reactive ketones (excluding diaryl/α,β-unsaturated/α-hetero) is 1. The van der Waals surface area contributed by atoms with Crippen LogP contribution in [0.4, 0.5) is 0 Å². The summed E-state index contributed by atoms with van der Waals surface area (Å²) in [5, 5.41) is 30.5. The lowest BCUT2D eigenvalue weighted by molar-refractivity contribution is -0.161. The van der Waals surface area contributed by atoms with Crippen molar-refractivity contribution in [2.45, 2.75) is 186 Å². The Bertz CT molecular complexity index is 1350. The molecule has 1 saturated carbocycles. The molecule has 0 aromatic rings. The molecule has 6 N–H and O–H groups in total. The number of aliphatic hydroxyl groups is 3. The molecule has 0 radical (unpaired) electrons. The minimum Gasteiger partial charge on any atom is -0.462 e. The van der Waals surface area contributed by atoms with Crippen LogP contribution in [-0.4, -0.2) is 98.6 Å². The van der Waals surface area contributed by atoms with Crippen LogP contribution in [0.3, 0.4) is 0 Å². The maximum atomic E-state index is 12.8. The quantitative estimate of drug-likeness (QED) is 0.0149. The molecular formula is C43H78O16P2. The number of aliphatic hydroxyl groups excluding tert-OH is 3. The van der Waals surface area contributed by atoms with Crippen LogP contribution in [0.2, 0.25) is 0 Å². The van der Waals surface area contributed by atoms with Crippen LogP contribution in [0, 0.1) is 17.8 Å². The second kappa shape index (κ2) is 33.7. The van der Waals surface area contributed by atoms with Crippen molar-refractivity contribution in [1.29, 1.82) is 0 Å². The average molecular weight is 913 g/mol. The molecule has 0 spiro atoms. The van der Waals surface area contributed by atoms with Gasteiger partial charge in [-0.15, -0.1) is 0 Å². The number of phosphoric ester groups is 2. The van der Waals surface area contributed by atoms with Crippen LogP contribution in [0.5, 0.6) is 0 Å². The van der Waals surface area contributed by atoms with E-state index in [0.717, 1.165) is 50.9 Å². The summed E-state index contributed by atoms with van der Waals surface area (Å²) in [6.07, 6.45) is 21.2. The van der Waals surface area contributed by atoms with Gasteiger partial charge >= 0.3 is 27.6 Å².